The van der Waals surface area contributed by atoms with Gasteiger partial charge >= 0.3 is 0 Å². The van der Waals surface area contributed by atoms with Gasteiger partial charge in [-0.15, -0.1) is 0 Å². The van der Waals surface area contributed by atoms with Gasteiger partial charge in [-0.25, -0.2) is 0 Å². The van der Waals surface area contributed by atoms with E-state index in [2.05, 4.69) is 0 Å². The van der Waals surface area contributed by atoms with Gasteiger partial charge in [0, 0.05) is 24.2 Å². The predicted molar refractivity (Wildman–Crippen MR) is 72.0 cm³/mol. The van der Waals surface area contributed by atoms with E-state index >= 15 is 0 Å². The quantitative estimate of drug-likeness (QED) is 0.751. The molecule has 1 aromatic rings. The molecular weight excluding hydrogens is 226 g/mol. The highest BCUT2D eigenvalue weighted by atomic mass is 16.2. The van der Waals surface area contributed by atoms with Gasteiger partial charge in [0.1, 0.15) is 0 Å². The van der Waals surface area contributed by atoms with Crippen LogP contribution in [0.2, 0.25) is 0 Å². The van der Waals surface area contributed by atoms with Crippen molar-refractivity contribution in [3.05, 3.63) is 29.3 Å². The van der Waals surface area contributed by atoms with Crippen LogP contribution in [0.3, 0.4) is 0 Å². The largest absolute Gasteiger partial charge is 0.314 e. The molecule has 2 rings (SSSR count). The number of fused-ring (bicyclic) bond motifs is 1. The lowest BCUT2D eigenvalue weighted by Gasteiger charge is -2.16. The van der Waals surface area contributed by atoms with Crippen LogP contribution in [0.4, 0.5) is 5.69 Å². The fourth-order valence-electron chi connectivity index (χ4n) is 2.46. The molecule has 0 radical (unpaired) electrons. The molecule has 18 heavy (non-hydrogen) atoms. The first kappa shape index (κ1) is 12.8. The molecule has 0 spiro atoms. The number of nitrogens with zero attached hydrogens (tertiary/aromatic N) is 1. The number of carbonyl (C=O) groups is 2. The predicted octanol–water partition coefficient (Wildman–Crippen LogP) is 2.78. The van der Waals surface area contributed by atoms with E-state index in [9.17, 15) is 9.59 Å². The lowest BCUT2D eigenvalue weighted by Crippen LogP contribution is -2.33. The maximum atomic E-state index is 12.1. The monoisotopic (exact) mass is 245 g/mol. The number of hydrogen-bond acceptors (Lipinski definition) is 2. The number of hydrogen-bond donors (Lipinski definition) is 0. The highest BCUT2D eigenvalue weighted by Crippen LogP contribution is 2.41. The van der Waals surface area contributed by atoms with E-state index in [-0.39, 0.29) is 17.6 Å². The van der Waals surface area contributed by atoms with Crippen molar-refractivity contribution < 1.29 is 9.59 Å². The molecule has 0 aliphatic carbocycles. The van der Waals surface area contributed by atoms with Gasteiger partial charge in [-0.05, 0) is 37.6 Å². The smallest absolute Gasteiger partial charge is 0.236 e. The van der Waals surface area contributed by atoms with Crippen LogP contribution in [0.5, 0.6) is 0 Å². The molecule has 0 bridgehead atoms. The van der Waals surface area contributed by atoms with Crippen molar-refractivity contribution >= 4 is 17.4 Å². The first-order chi connectivity index (χ1) is 8.26. The molecule has 0 saturated carbocycles. The number of anilines is 1. The summed E-state index contributed by atoms with van der Waals surface area (Å²) < 4.78 is 0. The molecular formula is C15H19NO2. The Labute approximate surface area is 108 Å². The molecule has 0 aromatic heterocycles. The molecule has 1 aromatic carbocycles. The Morgan fingerprint density at radius 3 is 2.44 bits per heavy atom. The van der Waals surface area contributed by atoms with Crippen LogP contribution in [0, 0.1) is 5.92 Å². The third-order valence-electron chi connectivity index (χ3n) is 3.68. The van der Waals surface area contributed by atoms with Crippen LogP contribution in [-0.2, 0) is 10.2 Å². The average Bonchev–Trinajstić information content (AvgIpc) is 2.50. The molecule has 1 amide bonds. The van der Waals surface area contributed by atoms with Gasteiger partial charge in [0.15, 0.2) is 5.78 Å². The zero-order chi connectivity index (χ0) is 13.7. The van der Waals surface area contributed by atoms with Crippen molar-refractivity contribution in [3.63, 3.8) is 0 Å². The van der Waals surface area contributed by atoms with E-state index in [0.717, 1.165) is 11.3 Å². The molecule has 0 saturated heterocycles. The number of amides is 1. The fraction of sp³-hybridized carbons (Fsp3) is 0.467. The third-order valence-corrected chi connectivity index (χ3v) is 3.68. The van der Waals surface area contributed by atoms with E-state index in [4.69, 9.17) is 0 Å². The standard InChI is InChI=1S/C15H19NO2/c1-9(2)13(17)10-6-7-12-11(8-10)15(3,4)14(18)16(12)5/h6-9H,1-5H3. The van der Waals surface area contributed by atoms with Gasteiger partial charge in [0.2, 0.25) is 5.91 Å². The maximum Gasteiger partial charge on any atom is 0.236 e. The maximum absolute atomic E-state index is 12.1. The summed E-state index contributed by atoms with van der Waals surface area (Å²) in [5, 5.41) is 0. The topological polar surface area (TPSA) is 37.4 Å². The molecule has 0 N–H and O–H groups in total. The first-order valence-electron chi connectivity index (χ1n) is 6.23. The average molecular weight is 245 g/mol. The van der Waals surface area contributed by atoms with Crippen molar-refractivity contribution in [3.8, 4) is 0 Å². The van der Waals surface area contributed by atoms with Gasteiger partial charge in [0.05, 0.1) is 5.41 Å². The summed E-state index contributed by atoms with van der Waals surface area (Å²) >= 11 is 0. The van der Waals surface area contributed by atoms with E-state index in [1.807, 2.05) is 45.9 Å². The van der Waals surface area contributed by atoms with E-state index in [1.165, 1.54) is 0 Å². The molecule has 0 atom stereocenters. The van der Waals surface area contributed by atoms with Crippen LogP contribution in [0.25, 0.3) is 0 Å². The third kappa shape index (κ3) is 1.65. The number of benzene rings is 1. The van der Waals surface area contributed by atoms with Crippen LogP contribution in [0.15, 0.2) is 18.2 Å². The van der Waals surface area contributed by atoms with Gasteiger partial charge in [-0.2, -0.15) is 0 Å². The summed E-state index contributed by atoms with van der Waals surface area (Å²) in [6.07, 6.45) is 0. The summed E-state index contributed by atoms with van der Waals surface area (Å²) in [7, 11) is 1.78. The lowest BCUT2D eigenvalue weighted by molar-refractivity contribution is -0.121. The lowest BCUT2D eigenvalue weighted by atomic mass is 9.84. The minimum absolute atomic E-state index is 0.0269. The van der Waals surface area contributed by atoms with Crippen molar-refractivity contribution in [2.75, 3.05) is 11.9 Å². The zero-order valence-electron chi connectivity index (χ0n) is 11.6. The minimum Gasteiger partial charge on any atom is -0.314 e. The molecule has 3 heteroatoms. The highest BCUT2D eigenvalue weighted by Gasteiger charge is 2.42. The first-order valence-corrected chi connectivity index (χ1v) is 6.23. The summed E-state index contributed by atoms with van der Waals surface area (Å²) in [6, 6.07) is 5.56. The fourth-order valence-corrected chi connectivity index (χ4v) is 2.46. The van der Waals surface area contributed by atoms with Crippen LogP contribution >= 0.6 is 0 Å². The number of ketones is 1. The Balaban J connectivity index is 2.55. The normalized spacial score (nSPS) is 17.2. The minimum atomic E-state index is -0.544. The molecule has 96 valence electrons. The van der Waals surface area contributed by atoms with E-state index in [1.54, 1.807) is 11.9 Å². The summed E-state index contributed by atoms with van der Waals surface area (Å²) in [5.41, 5.74) is 2.00. The van der Waals surface area contributed by atoms with Crippen LogP contribution in [0.1, 0.15) is 43.6 Å². The number of Topliss-reactive ketones (excluding diaryl/α,β-unsaturated/α-hetero) is 1. The van der Waals surface area contributed by atoms with Gasteiger partial charge in [-0.3, -0.25) is 9.59 Å². The Hall–Kier alpha value is -1.64. The molecule has 3 nitrogen and oxygen atoms in total. The second kappa shape index (κ2) is 3.94. The van der Waals surface area contributed by atoms with E-state index in [0.29, 0.717) is 5.56 Å². The zero-order valence-corrected chi connectivity index (χ0v) is 11.6. The van der Waals surface area contributed by atoms with Gasteiger partial charge in [0.25, 0.3) is 0 Å². The second-order valence-corrected chi connectivity index (χ2v) is 5.74. The second-order valence-electron chi connectivity index (χ2n) is 5.74. The molecule has 1 aliphatic rings. The summed E-state index contributed by atoms with van der Waals surface area (Å²) in [4.78, 5) is 25.8. The van der Waals surface area contributed by atoms with Crippen LogP contribution in [-0.4, -0.2) is 18.7 Å². The Morgan fingerprint density at radius 2 is 1.89 bits per heavy atom. The molecule has 1 heterocycles. The Morgan fingerprint density at radius 1 is 1.28 bits per heavy atom. The number of rotatable bonds is 2. The van der Waals surface area contributed by atoms with Gasteiger partial charge in [-0.1, -0.05) is 13.8 Å². The summed E-state index contributed by atoms with van der Waals surface area (Å²) in [5.74, 6) is 0.170. The van der Waals surface area contributed by atoms with Crippen molar-refractivity contribution in [1.29, 1.82) is 0 Å². The van der Waals surface area contributed by atoms with Gasteiger partial charge < -0.3 is 4.90 Å². The highest BCUT2D eigenvalue weighted by molar-refractivity contribution is 6.08. The molecule has 0 unspecified atom stereocenters. The number of likely N-dealkylation sites (N-methyl/N-ethyl adjacent to an activating group) is 1. The SMILES string of the molecule is CC(C)C(=O)c1ccc2c(c1)C(C)(C)C(=O)N2C. The molecule has 1 aliphatic heterocycles. The number of carbonyl (C=O) groups excluding carboxylic acids is 2. The molecule has 0 fully saturated rings. The van der Waals surface area contributed by atoms with E-state index < -0.39 is 5.41 Å². The van der Waals surface area contributed by atoms with Crippen molar-refractivity contribution in [2.24, 2.45) is 5.92 Å². The Bertz CT molecular complexity index is 529. The van der Waals surface area contributed by atoms with Crippen molar-refractivity contribution in [2.45, 2.75) is 33.1 Å². The summed E-state index contributed by atoms with van der Waals surface area (Å²) in [6.45, 7) is 7.58. The Kier molecular flexibility index (Phi) is 2.80. The van der Waals surface area contributed by atoms with Crippen LogP contribution < -0.4 is 4.90 Å². The van der Waals surface area contributed by atoms with Crippen molar-refractivity contribution in [1.82, 2.24) is 0 Å².